The Balaban J connectivity index is 0.000000326. The van der Waals surface area contributed by atoms with Crippen LogP contribution in [0, 0.1) is 0 Å². The van der Waals surface area contributed by atoms with Crippen molar-refractivity contribution in [2.45, 2.75) is 103 Å². The largest absolute Gasteiger partial charge is 0.870 e. The lowest BCUT2D eigenvalue weighted by Crippen LogP contribution is -2.39. The van der Waals surface area contributed by atoms with Gasteiger partial charge in [0, 0.05) is 15.6 Å². The number of unbranched alkanes of at least 4 members (excludes halogenated alkanes) is 13. The highest BCUT2D eigenvalue weighted by atomic mass is 35.5. The molecule has 3 rings (SSSR count). The van der Waals surface area contributed by atoms with Gasteiger partial charge in [-0.3, -0.25) is 0 Å². The molecule has 3 nitrogen and oxygen atoms in total. The molecule has 0 fully saturated rings. The third-order valence-corrected chi connectivity index (χ3v) is 8.36. The van der Waals surface area contributed by atoms with Crippen LogP contribution in [0.25, 0.3) is 0 Å². The van der Waals surface area contributed by atoms with Gasteiger partial charge in [0.05, 0.1) is 25.7 Å². The highest BCUT2D eigenvalue weighted by Gasteiger charge is 2.14. The van der Waals surface area contributed by atoms with Crippen molar-refractivity contribution in [3.8, 4) is 17.2 Å². The Morgan fingerprint density at radius 3 is 1.60 bits per heavy atom. The van der Waals surface area contributed by atoms with Crippen LogP contribution in [-0.4, -0.2) is 25.1 Å². The maximum Gasteiger partial charge on any atom is 0.146 e. The fourth-order valence-corrected chi connectivity index (χ4v) is 5.74. The average molecular weight is 649 g/mol. The summed E-state index contributed by atoms with van der Waals surface area (Å²) in [6.07, 6.45) is 20.2. The predicted molar refractivity (Wildman–Crippen MR) is 185 cm³/mol. The topological polar surface area (TPSA) is 32.3 Å². The van der Waals surface area contributed by atoms with Gasteiger partial charge in [-0.15, -0.1) is 0 Å². The second-order valence-electron chi connectivity index (χ2n) is 12.2. The fourth-order valence-electron chi connectivity index (χ4n) is 5.13. The SMILES string of the molecule is CCCCCCCCCCCCCCCC[N+](C)(C)Cc1ccccc1.[O-]c1cc(Cl)ccc1Oc1ccc(Cl)cc1Cl. The van der Waals surface area contributed by atoms with E-state index in [1.165, 1.54) is 114 Å². The standard InChI is InChI=1S/C25H46N.C12H7Cl3O2/c1-4-5-6-7-8-9-10-11-12-13-14-15-16-20-23-26(2,3)24-25-21-18-17-19-22-25;13-7-1-3-11(9(15)5-7)17-12-4-2-8(14)6-10(12)16/h17-19,21-22H,4-16,20,23-24H2,1-3H3;1-6,16H/q+1;/p-1. The van der Waals surface area contributed by atoms with E-state index in [-0.39, 0.29) is 11.5 Å². The van der Waals surface area contributed by atoms with Crippen LogP contribution < -0.4 is 9.84 Å². The molecule has 0 unspecified atom stereocenters. The van der Waals surface area contributed by atoms with E-state index in [9.17, 15) is 5.11 Å². The quantitative estimate of drug-likeness (QED) is 0.0957. The molecule has 0 heterocycles. The summed E-state index contributed by atoms with van der Waals surface area (Å²) < 4.78 is 6.50. The molecule has 3 aromatic carbocycles. The highest BCUT2D eigenvalue weighted by Crippen LogP contribution is 2.35. The van der Waals surface area contributed by atoms with E-state index >= 15 is 0 Å². The molecule has 0 amide bonds. The molecule has 0 saturated heterocycles. The van der Waals surface area contributed by atoms with Crippen molar-refractivity contribution in [1.29, 1.82) is 0 Å². The minimum atomic E-state index is -0.302. The molecule has 43 heavy (non-hydrogen) atoms. The van der Waals surface area contributed by atoms with Crippen LogP contribution >= 0.6 is 34.8 Å². The Kier molecular flexibility index (Phi) is 18.8. The maximum absolute atomic E-state index is 11.5. The van der Waals surface area contributed by atoms with Crippen molar-refractivity contribution < 1.29 is 14.3 Å². The second kappa shape index (κ2) is 21.7. The van der Waals surface area contributed by atoms with Gasteiger partial charge in [-0.05, 0) is 49.2 Å². The van der Waals surface area contributed by atoms with E-state index in [0.717, 1.165) is 11.0 Å². The van der Waals surface area contributed by atoms with Crippen LogP contribution in [0.15, 0.2) is 66.7 Å². The molecule has 6 heteroatoms. The molecule has 0 N–H and O–H groups in total. The summed E-state index contributed by atoms with van der Waals surface area (Å²) >= 11 is 17.4. The minimum absolute atomic E-state index is 0.165. The summed E-state index contributed by atoms with van der Waals surface area (Å²) in [7, 11) is 4.74. The summed E-state index contributed by atoms with van der Waals surface area (Å²) in [6.45, 7) is 4.75. The lowest BCUT2D eigenvalue weighted by molar-refractivity contribution is -0.903. The Morgan fingerprint density at radius 1 is 0.605 bits per heavy atom. The van der Waals surface area contributed by atoms with Crippen LogP contribution in [0.2, 0.25) is 15.1 Å². The summed E-state index contributed by atoms with van der Waals surface area (Å²) in [5.74, 6) is 0.234. The number of halogens is 3. The monoisotopic (exact) mass is 647 g/mol. The van der Waals surface area contributed by atoms with Crippen molar-refractivity contribution in [3.63, 3.8) is 0 Å². The summed E-state index contributed by atoms with van der Waals surface area (Å²) in [4.78, 5) is 0. The second-order valence-corrected chi connectivity index (χ2v) is 13.4. The van der Waals surface area contributed by atoms with Crippen LogP contribution in [0.4, 0.5) is 0 Å². The third-order valence-electron chi connectivity index (χ3n) is 7.59. The molecule has 3 aromatic rings. The van der Waals surface area contributed by atoms with Gasteiger partial charge >= 0.3 is 0 Å². The van der Waals surface area contributed by atoms with Gasteiger partial charge in [0.2, 0.25) is 0 Å². The minimum Gasteiger partial charge on any atom is -0.870 e. The first kappa shape index (κ1) is 37.3. The molecule has 0 aromatic heterocycles. The number of quaternary nitrogens is 1. The molecule has 0 saturated carbocycles. The van der Waals surface area contributed by atoms with Gasteiger partial charge in [-0.1, -0.05) is 155 Å². The Morgan fingerprint density at radius 2 is 1.09 bits per heavy atom. The van der Waals surface area contributed by atoms with Gasteiger partial charge in [-0.25, -0.2) is 0 Å². The van der Waals surface area contributed by atoms with Crippen molar-refractivity contribution in [1.82, 2.24) is 0 Å². The lowest BCUT2D eigenvalue weighted by Gasteiger charge is -2.30. The molecule has 0 spiro atoms. The maximum atomic E-state index is 11.5. The van der Waals surface area contributed by atoms with Crippen LogP contribution in [0.5, 0.6) is 17.2 Å². The van der Waals surface area contributed by atoms with Crippen molar-refractivity contribution in [2.75, 3.05) is 20.6 Å². The molecule has 0 atom stereocenters. The molecule has 0 aliphatic carbocycles. The summed E-state index contributed by atoms with van der Waals surface area (Å²) in [6, 6.07) is 20.0. The first-order valence-corrected chi connectivity index (χ1v) is 17.3. The molecule has 0 radical (unpaired) electrons. The van der Waals surface area contributed by atoms with Crippen LogP contribution in [0.3, 0.4) is 0 Å². The van der Waals surface area contributed by atoms with Crippen LogP contribution in [-0.2, 0) is 6.54 Å². The highest BCUT2D eigenvalue weighted by molar-refractivity contribution is 6.35. The first-order valence-electron chi connectivity index (χ1n) is 16.2. The zero-order valence-electron chi connectivity index (χ0n) is 26.6. The average Bonchev–Trinajstić information content (AvgIpc) is 2.96. The summed E-state index contributed by atoms with van der Waals surface area (Å²) in [5.41, 5.74) is 1.46. The molecule has 0 aliphatic rings. The fraction of sp³-hybridized carbons (Fsp3) is 0.514. The van der Waals surface area contributed by atoms with E-state index in [1.807, 2.05) is 0 Å². The van der Waals surface area contributed by atoms with E-state index in [2.05, 4.69) is 51.4 Å². The van der Waals surface area contributed by atoms with Gasteiger partial charge < -0.3 is 14.3 Å². The normalized spacial score (nSPS) is 11.2. The van der Waals surface area contributed by atoms with Crippen molar-refractivity contribution in [3.05, 3.63) is 87.4 Å². The number of rotatable bonds is 19. The van der Waals surface area contributed by atoms with Gasteiger partial charge in [0.25, 0.3) is 0 Å². The molecule has 0 bridgehead atoms. The molecular weight excluding hydrogens is 597 g/mol. The molecular formula is C37H52Cl3NO2. The number of ether oxygens (including phenoxy) is 1. The van der Waals surface area contributed by atoms with Crippen molar-refractivity contribution in [2.24, 2.45) is 0 Å². The van der Waals surface area contributed by atoms with E-state index in [4.69, 9.17) is 39.5 Å². The van der Waals surface area contributed by atoms with Crippen molar-refractivity contribution >= 4 is 34.8 Å². The smallest absolute Gasteiger partial charge is 0.146 e. The lowest BCUT2D eigenvalue weighted by atomic mass is 10.0. The zero-order chi connectivity index (χ0) is 31.3. The van der Waals surface area contributed by atoms with E-state index < -0.39 is 0 Å². The Bertz CT molecular complexity index is 1100. The summed E-state index contributed by atoms with van der Waals surface area (Å²) in [5, 5.41) is 12.7. The first-order chi connectivity index (χ1) is 20.7. The number of nitrogens with zero attached hydrogens (tertiary/aromatic N) is 1. The Labute approximate surface area is 276 Å². The van der Waals surface area contributed by atoms with Gasteiger partial charge in [0.1, 0.15) is 18.0 Å². The zero-order valence-corrected chi connectivity index (χ0v) is 28.8. The van der Waals surface area contributed by atoms with Gasteiger partial charge in [-0.2, -0.15) is 0 Å². The van der Waals surface area contributed by atoms with Gasteiger partial charge in [0.15, 0.2) is 0 Å². The number of hydrogen-bond donors (Lipinski definition) is 0. The number of benzene rings is 3. The number of hydrogen-bond acceptors (Lipinski definition) is 2. The Hall–Kier alpha value is -1.91. The van der Waals surface area contributed by atoms with E-state index in [0.29, 0.717) is 20.8 Å². The predicted octanol–water partition coefficient (Wildman–Crippen LogP) is 12.3. The molecule has 0 aliphatic heterocycles. The van der Waals surface area contributed by atoms with Crippen LogP contribution in [0.1, 0.15) is 102 Å². The molecule has 238 valence electrons. The van der Waals surface area contributed by atoms with E-state index in [1.54, 1.807) is 24.3 Å². The third kappa shape index (κ3) is 17.2.